The second kappa shape index (κ2) is 8.19. The van der Waals surface area contributed by atoms with Gasteiger partial charge in [0.05, 0.1) is 21.5 Å². The topological polar surface area (TPSA) is 44.7 Å². The maximum absolute atomic E-state index is 12.8. The predicted molar refractivity (Wildman–Crippen MR) is 125 cm³/mol. The van der Waals surface area contributed by atoms with E-state index in [0.29, 0.717) is 21.6 Å². The minimum Gasteiger partial charge on any atom is -0.277 e. The molecule has 0 aliphatic carbocycles. The number of fused-ring (bicyclic) bond motifs is 2. The first-order valence-electron chi connectivity index (χ1n) is 9.21. The van der Waals surface area contributed by atoms with Crippen LogP contribution in [0.3, 0.4) is 0 Å². The highest BCUT2D eigenvalue weighted by molar-refractivity contribution is 8.00. The van der Waals surface area contributed by atoms with Gasteiger partial charge in [0.1, 0.15) is 5.37 Å². The highest BCUT2D eigenvalue weighted by Gasteiger charge is 2.36. The van der Waals surface area contributed by atoms with E-state index < -0.39 is 0 Å². The van der Waals surface area contributed by atoms with Crippen molar-refractivity contribution in [2.75, 3.05) is 5.75 Å². The zero-order chi connectivity index (χ0) is 20.7. The molecule has 3 aromatic carbocycles. The molecule has 3 aromatic rings. The Morgan fingerprint density at radius 1 is 0.967 bits per heavy atom. The average Bonchev–Trinajstić information content (AvgIpc) is 3.02. The molecular formula is C22H15Cl2N3OS2. The first-order chi connectivity index (χ1) is 14.6. The van der Waals surface area contributed by atoms with E-state index in [2.05, 4.69) is 17.6 Å². The Labute approximate surface area is 192 Å². The van der Waals surface area contributed by atoms with E-state index in [4.69, 9.17) is 28.2 Å². The minimum atomic E-state index is -0.301. The van der Waals surface area contributed by atoms with Gasteiger partial charge in [-0.25, -0.2) is 10.0 Å². The fourth-order valence-corrected chi connectivity index (χ4v) is 6.01. The highest BCUT2D eigenvalue weighted by Crippen LogP contribution is 2.43. The van der Waals surface area contributed by atoms with Crippen molar-refractivity contribution in [3.8, 4) is 0 Å². The summed E-state index contributed by atoms with van der Waals surface area (Å²) in [6, 6.07) is 21.5. The number of thioether (sulfide) groups is 1. The predicted octanol–water partition coefficient (Wildman–Crippen LogP) is 6.32. The Hall–Kier alpha value is -2.12. The van der Waals surface area contributed by atoms with Gasteiger partial charge in [0.25, 0.3) is 5.91 Å². The number of nitrogens with one attached hydrogen (secondary N) is 1. The Morgan fingerprint density at radius 2 is 1.73 bits per heavy atom. The van der Waals surface area contributed by atoms with Crippen LogP contribution in [0.2, 0.25) is 10.0 Å². The number of rotatable bonds is 2. The normalized spacial score (nSPS) is 17.8. The second-order valence-corrected chi connectivity index (χ2v) is 9.65. The Kier molecular flexibility index (Phi) is 5.41. The third-order valence-corrected chi connectivity index (χ3v) is 7.97. The lowest BCUT2D eigenvalue weighted by atomic mass is 10.2. The van der Waals surface area contributed by atoms with Crippen molar-refractivity contribution in [1.82, 2.24) is 10.4 Å². The number of carbonyl (C=O) groups excluding carboxylic acids is 1. The first kappa shape index (κ1) is 19.8. The largest absolute Gasteiger partial charge is 0.277 e. The number of amidine groups is 1. The van der Waals surface area contributed by atoms with Gasteiger partial charge in [-0.2, -0.15) is 0 Å². The molecule has 1 amide bonds. The maximum atomic E-state index is 12.8. The third-order valence-electron chi connectivity index (χ3n) is 4.80. The molecule has 0 aromatic heterocycles. The van der Waals surface area contributed by atoms with Crippen molar-refractivity contribution in [1.29, 1.82) is 0 Å². The molecule has 0 spiro atoms. The van der Waals surface area contributed by atoms with Crippen LogP contribution < -0.4 is 5.43 Å². The molecule has 1 fully saturated rings. The number of carbonyl (C=O) groups is 1. The van der Waals surface area contributed by atoms with Gasteiger partial charge in [-0.3, -0.25) is 10.2 Å². The summed E-state index contributed by atoms with van der Waals surface area (Å²) >= 11 is 15.9. The summed E-state index contributed by atoms with van der Waals surface area (Å²) in [5.41, 5.74) is 5.90. The van der Waals surface area contributed by atoms with E-state index in [9.17, 15) is 4.79 Å². The number of hydrogen-bond acceptors (Lipinski definition) is 5. The number of nitrogens with zero attached hydrogens (tertiary/aromatic N) is 2. The van der Waals surface area contributed by atoms with Crippen molar-refractivity contribution in [3.05, 3.63) is 87.9 Å². The number of benzene rings is 3. The molecule has 1 N–H and O–H groups in total. The second-order valence-electron chi connectivity index (χ2n) is 6.71. The summed E-state index contributed by atoms with van der Waals surface area (Å²) in [6.07, 6.45) is 0. The number of amides is 1. The van der Waals surface area contributed by atoms with E-state index in [-0.39, 0.29) is 11.3 Å². The maximum Gasteiger partial charge on any atom is 0.252 e. The number of para-hydroxylation sites is 1. The van der Waals surface area contributed by atoms with Gasteiger partial charge in [0.15, 0.2) is 5.84 Å². The van der Waals surface area contributed by atoms with Crippen LogP contribution in [0.4, 0.5) is 5.69 Å². The Morgan fingerprint density at radius 3 is 2.60 bits per heavy atom. The zero-order valence-corrected chi connectivity index (χ0v) is 18.7. The van der Waals surface area contributed by atoms with Gasteiger partial charge in [-0.05, 0) is 24.3 Å². The number of hydrogen-bond donors (Lipinski definition) is 1. The van der Waals surface area contributed by atoms with Gasteiger partial charge in [-0.15, -0.1) is 11.8 Å². The fraction of sp³-hybridized carbons (Fsp3) is 0.0909. The molecule has 0 radical (unpaired) electrons. The van der Waals surface area contributed by atoms with E-state index in [1.807, 2.05) is 48.5 Å². The van der Waals surface area contributed by atoms with Crippen molar-refractivity contribution < 1.29 is 4.79 Å². The van der Waals surface area contributed by atoms with Crippen molar-refractivity contribution in [2.45, 2.75) is 15.2 Å². The summed E-state index contributed by atoms with van der Waals surface area (Å²) in [5, 5.41) is 2.24. The van der Waals surface area contributed by atoms with Crippen LogP contribution in [0.5, 0.6) is 0 Å². The standard InChI is InChI=1S/C22H15Cl2N3OS2/c23-15-8-5-7-14(20(15)24)22-27(19(28)12-29-22)26-21-13-6-1-3-10-17(13)30-18-11-4-2-9-16(18)25-21/h1-11,22H,12H2,(H,25,26). The van der Waals surface area contributed by atoms with Crippen molar-refractivity contribution in [2.24, 2.45) is 4.99 Å². The van der Waals surface area contributed by atoms with Crippen LogP contribution >= 0.6 is 46.7 Å². The van der Waals surface area contributed by atoms with Crippen LogP contribution in [-0.2, 0) is 4.79 Å². The van der Waals surface area contributed by atoms with Gasteiger partial charge in [-0.1, -0.05) is 77.4 Å². The minimum absolute atomic E-state index is 0.0357. The molecule has 1 atom stereocenters. The van der Waals surface area contributed by atoms with Gasteiger partial charge in [0.2, 0.25) is 0 Å². The molecular weight excluding hydrogens is 457 g/mol. The zero-order valence-electron chi connectivity index (χ0n) is 15.5. The molecule has 2 aliphatic rings. The number of halogens is 2. The lowest BCUT2D eigenvalue weighted by Crippen LogP contribution is -2.45. The molecule has 5 rings (SSSR count). The van der Waals surface area contributed by atoms with Crippen molar-refractivity contribution >= 4 is 64.2 Å². The van der Waals surface area contributed by atoms with Crippen molar-refractivity contribution in [3.63, 3.8) is 0 Å². The van der Waals surface area contributed by atoms with Gasteiger partial charge < -0.3 is 0 Å². The van der Waals surface area contributed by atoms with Gasteiger partial charge in [0, 0.05) is 20.9 Å². The van der Waals surface area contributed by atoms with Crippen LogP contribution in [0.25, 0.3) is 0 Å². The third kappa shape index (κ3) is 3.58. The summed E-state index contributed by atoms with van der Waals surface area (Å²) in [6.45, 7) is 0. The molecule has 1 unspecified atom stereocenters. The fourth-order valence-electron chi connectivity index (χ4n) is 3.37. The molecule has 4 nitrogen and oxygen atoms in total. The summed E-state index contributed by atoms with van der Waals surface area (Å²) in [4.78, 5) is 19.8. The number of aliphatic imine (C=N–C) groups is 1. The molecule has 0 saturated carbocycles. The van der Waals surface area contributed by atoms with E-state index in [0.717, 1.165) is 26.6 Å². The highest BCUT2D eigenvalue weighted by atomic mass is 35.5. The summed E-state index contributed by atoms with van der Waals surface area (Å²) < 4.78 is 0. The van der Waals surface area contributed by atoms with Crippen LogP contribution in [0, 0.1) is 0 Å². The lowest BCUT2D eigenvalue weighted by molar-refractivity contribution is -0.129. The van der Waals surface area contributed by atoms with Crippen LogP contribution in [-0.4, -0.2) is 22.5 Å². The molecule has 8 heteroatoms. The number of hydrazine groups is 1. The van der Waals surface area contributed by atoms with E-state index >= 15 is 0 Å². The smallest absolute Gasteiger partial charge is 0.252 e. The summed E-state index contributed by atoms with van der Waals surface area (Å²) in [5.74, 6) is 0.939. The molecule has 0 bridgehead atoms. The molecule has 150 valence electrons. The first-order valence-corrected chi connectivity index (χ1v) is 11.8. The van der Waals surface area contributed by atoms with E-state index in [1.165, 1.54) is 11.8 Å². The molecule has 1 saturated heterocycles. The average molecular weight is 472 g/mol. The Balaban J connectivity index is 1.57. The quantitative estimate of drug-likeness (QED) is 0.475. The van der Waals surface area contributed by atoms with E-state index in [1.54, 1.807) is 22.8 Å². The lowest BCUT2D eigenvalue weighted by Gasteiger charge is -2.27. The summed E-state index contributed by atoms with van der Waals surface area (Å²) in [7, 11) is 0. The Bertz CT molecular complexity index is 1180. The van der Waals surface area contributed by atoms with Crippen LogP contribution in [0.1, 0.15) is 16.5 Å². The molecule has 30 heavy (non-hydrogen) atoms. The van der Waals surface area contributed by atoms with Gasteiger partial charge >= 0.3 is 0 Å². The SMILES string of the molecule is O=C1CSC(c2cccc(Cl)c2Cl)N1NC1=Nc2ccccc2Sc2ccccc21. The molecule has 2 heterocycles. The van der Waals surface area contributed by atoms with Crippen LogP contribution in [0.15, 0.2) is 81.5 Å². The molecule has 2 aliphatic heterocycles. The monoisotopic (exact) mass is 471 g/mol.